The number of carbonyl (C=O) groups excluding carboxylic acids is 1. The van der Waals surface area contributed by atoms with Crippen molar-refractivity contribution in [3.63, 3.8) is 0 Å². The molecular weight excluding hydrogens is 416 g/mol. The number of carbonyl (C=O) groups is 1. The fourth-order valence-electron chi connectivity index (χ4n) is 2.85. The lowest BCUT2D eigenvalue weighted by Crippen LogP contribution is -2.21. The Balaban J connectivity index is 1.41. The minimum Gasteiger partial charge on any atom is -0.310 e. The molecule has 0 aliphatic heterocycles. The van der Waals surface area contributed by atoms with E-state index in [1.807, 2.05) is 18.4 Å². The third-order valence-electron chi connectivity index (χ3n) is 4.66. The molecule has 152 valence electrons. The molecule has 0 bridgehead atoms. The van der Waals surface area contributed by atoms with Gasteiger partial charge in [0, 0.05) is 40.3 Å². The van der Waals surface area contributed by atoms with E-state index in [1.165, 1.54) is 30.4 Å². The van der Waals surface area contributed by atoms with Crippen LogP contribution in [-0.4, -0.2) is 26.1 Å². The van der Waals surface area contributed by atoms with E-state index in [9.17, 15) is 4.79 Å². The smallest absolute Gasteiger partial charge is 0.234 e. The Kier molecular flexibility index (Phi) is 6.26. The van der Waals surface area contributed by atoms with Crippen molar-refractivity contribution in [2.45, 2.75) is 37.4 Å². The van der Waals surface area contributed by atoms with Gasteiger partial charge >= 0.3 is 0 Å². The average Bonchev–Trinajstić information content (AvgIpc) is 3.50. The summed E-state index contributed by atoms with van der Waals surface area (Å²) < 4.78 is 3.28. The monoisotopic (exact) mass is 436 g/mol. The molecule has 1 saturated carbocycles. The number of thiazole rings is 1. The molecule has 1 atom stereocenters. The average molecular weight is 437 g/mol. The summed E-state index contributed by atoms with van der Waals surface area (Å²) in [6, 6.07) is 7.43. The van der Waals surface area contributed by atoms with Crippen LogP contribution in [0.15, 0.2) is 42.2 Å². The summed E-state index contributed by atoms with van der Waals surface area (Å²) in [5.74, 6) is 0.0165. The first kappa shape index (κ1) is 20.3. The van der Waals surface area contributed by atoms with Gasteiger partial charge in [-0.2, -0.15) is 5.26 Å². The minimum absolute atomic E-state index is 0.127. The van der Waals surface area contributed by atoms with Crippen LogP contribution in [0.25, 0.3) is 11.1 Å². The van der Waals surface area contributed by atoms with Gasteiger partial charge in [-0.05, 0) is 49.4 Å². The molecule has 30 heavy (non-hydrogen) atoms. The van der Waals surface area contributed by atoms with Crippen molar-refractivity contribution in [3.05, 3.63) is 53.4 Å². The molecule has 0 aromatic carbocycles. The lowest BCUT2D eigenvalue weighted by atomic mass is 10.0. The van der Waals surface area contributed by atoms with Gasteiger partial charge in [0.25, 0.3) is 0 Å². The van der Waals surface area contributed by atoms with Gasteiger partial charge in [-0.25, -0.2) is 9.97 Å². The van der Waals surface area contributed by atoms with Gasteiger partial charge in [-0.1, -0.05) is 6.92 Å². The third kappa shape index (κ3) is 4.96. The molecule has 0 spiro atoms. The maximum absolute atomic E-state index is 12.8. The van der Waals surface area contributed by atoms with Gasteiger partial charge in [-0.15, -0.1) is 11.3 Å². The van der Waals surface area contributed by atoms with Gasteiger partial charge < -0.3 is 10.0 Å². The summed E-state index contributed by atoms with van der Waals surface area (Å²) in [5, 5.41) is 15.4. The molecule has 3 aromatic heterocycles. The molecule has 2 N–H and O–H groups in total. The van der Waals surface area contributed by atoms with Crippen LogP contribution < -0.4 is 10.0 Å². The molecule has 1 unspecified atom stereocenters. The van der Waals surface area contributed by atoms with Crippen molar-refractivity contribution in [2.75, 3.05) is 10.0 Å². The van der Waals surface area contributed by atoms with Crippen LogP contribution in [0.2, 0.25) is 0 Å². The Bertz CT molecular complexity index is 1070. The van der Waals surface area contributed by atoms with Crippen molar-refractivity contribution in [1.82, 2.24) is 15.0 Å². The van der Waals surface area contributed by atoms with Crippen molar-refractivity contribution in [1.29, 1.82) is 5.26 Å². The summed E-state index contributed by atoms with van der Waals surface area (Å²) in [6.45, 7) is 1.97. The number of amides is 1. The third-order valence-corrected chi connectivity index (χ3v) is 6.68. The highest BCUT2D eigenvalue weighted by Crippen LogP contribution is 2.35. The van der Waals surface area contributed by atoms with Crippen molar-refractivity contribution in [2.24, 2.45) is 0 Å². The number of nitrogens with one attached hydrogen (secondary N) is 2. The molecule has 3 heterocycles. The number of aromatic nitrogens is 3. The largest absolute Gasteiger partial charge is 0.310 e. The van der Waals surface area contributed by atoms with Crippen molar-refractivity contribution >= 4 is 40.1 Å². The second kappa shape index (κ2) is 9.24. The molecule has 0 saturated heterocycles. The maximum Gasteiger partial charge on any atom is 0.234 e. The number of hydrogen-bond donors (Lipinski definition) is 2. The summed E-state index contributed by atoms with van der Waals surface area (Å²) >= 11 is 3.23. The number of nitrogens with zero attached hydrogens (tertiary/aromatic N) is 4. The number of pyridine rings is 2. The zero-order valence-corrected chi connectivity index (χ0v) is 18.0. The van der Waals surface area contributed by atoms with E-state index in [-0.39, 0.29) is 11.8 Å². The SMILES string of the molecule is CCC(C(=O)Nc1ccc(-c2cncc(C#N)c2)cn1)c1csc(NSC2CC2)n1. The summed E-state index contributed by atoms with van der Waals surface area (Å²) in [7, 11) is 0. The van der Waals surface area contributed by atoms with Crippen LogP contribution in [0.3, 0.4) is 0 Å². The van der Waals surface area contributed by atoms with E-state index >= 15 is 0 Å². The molecule has 4 rings (SSSR count). The van der Waals surface area contributed by atoms with E-state index < -0.39 is 0 Å². The van der Waals surface area contributed by atoms with Crippen LogP contribution >= 0.6 is 23.3 Å². The quantitative estimate of drug-likeness (QED) is 0.488. The Labute approximate surface area is 183 Å². The molecule has 7 nitrogen and oxygen atoms in total. The van der Waals surface area contributed by atoms with Gasteiger partial charge in [0.05, 0.1) is 17.2 Å². The molecule has 1 aliphatic carbocycles. The lowest BCUT2D eigenvalue weighted by Gasteiger charge is -2.13. The van der Waals surface area contributed by atoms with E-state index in [0.29, 0.717) is 23.1 Å². The minimum atomic E-state index is -0.333. The van der Waals surface area contributed by atoms with Crippen LogP contribution in [0.1, 0.15) is 43.4 Å². The summed E-state index contributed by atoms with van der Waals surface area (Å²) in [5.41, 5.74) is 2.89. The molecule has 0 radical (unpaired) electrons. The molecule has 1 fully saturated rings. The van der Waals surface area contributed by atoms with E-state index in [1.54, 1.807) is 36.5 Å². The summed E-state index contributed by atoms with van der Waals surface area (Å²) in [4.78, 5) is 25.8. The fourth-order valence-corrected chi connectivity index (χ4v) is 4.48. The molecule has 1 aliphatic rings. The topological polar surface area (TPSA) is 104 Å². The van der Waals surface area contributed by atoms with Crippen molar-refractivity contribution < 1.29 is 4.79 Å². The van der Waals surface area contributed by atoms with E-state index in [2.05, 4.69) is 31.1 Å². The van der Waals surface area contributed by atoms with Crippen LogP contribution in [0, 0.1) is 11.3 Å². The number of rotatable bonds is 8. The Morgan fingerprint density at radius 3 is 2.90 bits per heavy atom. The Morgan fingerprint density at radius 2 is 2.20 bits per heavy atom. The van der Waals surface area contributed by atoms with Gasteiger partial charge in [0.15, 0.2) is 5.13 Å². The van der Waals surface area contributed by atoms with E-state index in [0.717, 1.165) is 22.0 Å². The molecule has 3 aromatic rings. The number of anilines is 2. The van der Waals surface area contributed by atoms with Crippen LogP contribution in [0.4, 0.5) is 10.9 Å². The lowest BCUT2D eigenvalue weighted by molar-refractivity contribution is -0.117. The highest BCUT2D eigenvalue weighted by molar-refractivity contribution is 8.01. The fraction of sp³-hybridized carbons (Fsp3) is 0.286. The van der Waals surface area contributed by atoms with Crippen LogP contribution in [-0.2, 0) is 4.79 Å². The molecular formula is C21H20N6OS2. The Hall–Kier alpha value is -2.96. The predicted molar refractivity (Wildman–Crippen MR) is 120 cm³/mol. The zero-order chi connectivity index (χ0) is 20.9. The first-order chi connectivity index (χ1) is 14.7. The highest BCUT2D eigenvalue weighted by atomic mass is 32.2. The maximum atomic E-state index is 12.8. The predicted octanol–water partition coefficient (Wildman–Crippen LogP) is 4.83. The molecule has 1 amide bonds. The first-order valence-corrected chi connectivity index (χ1v) is 11.4. The number of hydrogen-bond acceptors (Lipinski definition) is 8. The highest BCUT2D eigenvalue weighted by Gasteiger charge is 2.24. The molecule has 9 heteroatoms. The zero-order valence-electron chi connectivity index (χ0n) is 16.3. The van der Waals surface area contributed by atoms with Crippen LogP contribution in [0.5, 0.6) is 0 Å². The standard InChI is InChI=1S/C21H20N6OS2/c1-2-17(18-12-29-21(25-18)27-30-16-4-5-16)20(28)26-19-6-3-14(11-24-19)15-7-13(8-22)9-23-10-15/h3,6-7,9-12,16-17H,2,4-5H2,1H3,(H,25,27)(H,24,26,28). The Morgan fingerprint density at radius 1 is 1.33 bits per heavy atom. The number of nitriles is 1. The normalized spacial score (nSPS) is 14.0. The van der Waals surface area contributed by atoms with Gasteiger partial charge in [-0.3, -0.25) is 9.78 Å². The van der Waals surface area contributed by atoms with E-state index in [4.69, 9.17) is 5.26 Å². The second-order valence-corrected chi connectivity index (χ2v) is 8.92. The summed E-state index contributed by atoms with van der Waals surface area (Å²) in [6.07, 6.45) is 8.01. The second-order valence-electron chi connectivity index (χ2n) is 6.95. The first-order valence-electron chi connectivity index (χ1n) is 9.65. The van der Waals surface area contributed by atoms with Gasteiger partial charge in [0.2, 0.25) is 5.91 Å². The van der Waals surface area contributed by atoms with Crippen molar-refractivity contribution in [3.8, 4) is 17.2 Å². The van der Waals surface area contributed by atoms with Gasteiger partial charge in [0.1, 0.15) is 11.9 Å².